The van der Waals surface area contributed by atoms with E-state index < -0.39 is 82.0 Å². The van der Waals surface area contributed by atoms with Crippen LogP contribution in [0.3, 0.4) is 0 Å². The van der Waals surface area contributed by atoms with Crippen LogP contribution < -0.4 is 0 Å². The molecule has 0 radical (unpaired) electrons. The molecule has 8 rings (SSSR count). The van der Waals surface area contributed by atoms with Gasteiger partial charge in [0, 0.05) is 32.1 Å². The Balaban J connectivity index is 1.19. The first-order valence-corrected chi connectivity index (χ1v) is 19.6. The fourth-order valence-corrected chi connectivity index (χ4v) is 11.5. The predicted octanol–water partition coefficient (Wildman–Crippen LogP) is 2.08. The van der Waals surface area contributed by atoms with Gasteiger partial charge in [-0.15, -0.1) is 0 Å². The van der Waals surface area contributed by atoms with Gasteiger partial charge in [0.25, 0.3) is 0 Å². The highest BCUT2D eigenvalue weighted by molar-refractivity contribution is 5.85. The number of unbranched alkanes of at least 4 members (excludes halogenated alkanes) is 8. The molecule has 8 aliphatic rings. The topological polar surface area (TPSA) is 183 Å². The van der Waals surface area contributed by atoms with E-state index in [1.165, 1.54) is 25.7 Å². The summed E-state index contributed by atoms with van der Waals surface area (Å²) in [4.78, 5) is 13.6. The molecule has 8 fully saturated rings. The molecule has 13 heteroatoms. The minimum absolute atomic E-state index is 0.0493. The van der Waals surface area contributed by atoms with Crippen molar-refractivity contribution in [3.8, 4) is 0 Å². The lowest BCUT2D eigenvalue weighted by atomic mass is 9.49. The van der Waals surface area contributed by atoms with Crippen molar-refractivity contribution >= 4 is 5.78 Å². The van der Waals surface area contributed by atoms with Gasteiger partial charge < -0.3 is 58.7 Å². The fraction of sp³-hybridized carbons (Fsp3) is 0.973. The van der Waals surface area contributed by atoms with Gasteiger partial charge in [0.15, 0.2) is 17.2 Å². The molecule has 1 saturated carbocycles. The Hall–Kier alpha value is -0.810. The van der Waals surface area contributed by atoms with Crippen LogP contribution in [-0.2, 0) is 38.0 Å². The van der Waals surface area contributed by atoms with Crippen LogP contribution in [0.4, 0.5) is 0 Å². The number of carbonyl (C=O) groups is 1. The summed E-state index contributed by atoms with van der Waals surface area (Å²) in [6.45, 7) is 2.98. The summed E-state index contributed by atoms with van der Waals surface area (Å²) in [5.74, 6) is -4.01. The maximum Gasteiger partial charge on any atom is 0.203 e. The van der Waals surface area contributed by atoms with Gasteiger partial charge in [-0.05, 0) is 25.7 Å². The van der Waals surface area contributed by atoms with Crippen LogP contribution in [0.1, 0.15) is 122 Å². The van der Waals surface area contributed by atoms with Crippen molar-refractivity contribution in [2.75, 3.05) is 33.0 Å². The Morgan fingerprint density at radius 1 is 0.660 bits per heavy atom. The smallest absolute Gasteiger partial charge is 0.203 e. The lowest BCUT2D eigenvalue weighted by Crippen LogP contribution is -2.96. The van der Waals surface area contributed by atoms with Gasteiger partial charge in [-0.1, -0.05) is 64.7 Å². The van der Waals surface area contributed by atoms with Crippen molar-refractivity contribution in [2.45, 2.75) is 192 Å². The third-order valence-corrected chi connectivity index (χ3v) is 14.5. The van der Waals surface area contributed by atoms with Crippen molar-refractivity contribution in [1.29, 1.82) is 0 Å². The monoisotopic (exact) mass is 710 g/mol. The first kappa shape index (κ1) is 36.2. The van der Waals surface area contributed by atoms with Gasteiger partial charge in [0.1, 0.15) is 59.0 Å². The standard InChI is InChI=1S/C37H58O13/c1-2-3-4-5-6-7-8-9-10-11-32(27(41)25(39)24-38)34(35(17-21-45-35)36(18-22-46-36)37(49-32)19-23-47-37)15-14-33(50-34)29(43)26(40)28(42)31(48-33)13-12-30(31)16-20-44-30/h26-29,38,40-43H,2-24H2,1H3/t26-,27?,28+,29+,30?,31-,32+,33-,34+,35-,36+,37-/m0/s1. The van der Waals surface area contributed by atoms with Gasteiger partial charge in [-0.3, -0.25) is 4.79 Å². The molecule has 7 aliphatic heterocycles. The number of hydrogen-bond acceptors (Lipinski definition) is 13. The normalized spacial score (nSPS) is 50.8. The lowest BCUT2D eigenvalue weighted by molar-refractivity contribution is -0.561. The molecule has 0 aromatic carbocycles. The molecule has 12 atom stereocenters. The third kappa shape index (κ3) is 4.35. The molecule has 7 saturated heterocycles. The number of carbonyl (C=O) groups excluding carboxylic acids is 1. The van der Waals surface area contributed by atoms with E-state index in [1.54, 1.807) is 0 Å². The van der Waals surface area contributed by atoms with Crippen molar-refractivity contribution < 1.29 is 63.5 Å². The molecule has 2 unspecified atom stereocenters. The van der Waals surface area contributed by atoms with Gasteiger partial charge in [0.05, 0.1) is 26.4 Å². The minimum Gasteiger partial charge on any atom is -0.388 e. The van der Waals surface area contributed by atoms with E-state index in [9.17, 15) is 30.3 Å². The summed E-state index contributed by atoms with van der Waals surface area (Å²) >= 11 is 0. The molecule has 50 heavy (non-hydrogen) atoms. The van der Waals surface area contributed by atoms with Gasteiger partial charge in [-0.25, -0.2) is 0 Å². The minimum atomic E-state index is -1.86. The Labute approximate surface area is 294 Å². The molecular weight excluding hydrogens is 652 g/mol. The third-order valence-electron chi connectivity index (χ3n) is 14.5. The van der Waals surface area contributed by atoms with Crippen LogP contribution >= 0.6 is 0 Å². The van der Waals surface area contributed by atoms with Gasteiger partial charge >= 0.3 is 0 Å². The van der Waals surface area contributed by atoms with Crippen LogP contribution in [-0.4, -0.2) is 134 Å². The molecular formula is C37H58O13. The Morgan fingerprint density at radius 2 is 1.26 bits per heavy atom. The zero-order chi connectivity index (χ0) is 35.1. The molecule has 0 amide bonds. The Morgan fingerprint density at radius 3 is 1.74 bits per heavy atom. The highest BCUT2D eigenvalue weighted by Gasteiger charge is 2.91. The lowest BCUT2D eigenvalue weighted by Gasteiger charge is -2.78. The van der Waals surface area contributed by atoms with Crippen LogP contribution in [0.5, 0.6) is 0 Å². The summed E-state index contributed by atoms with van der Waals surface area (Å²) in [5, 5.41) is 57.2. The number of aliphatic hydroxyl groups excluding tert-OH is 5. The van der Waals surface area contributed by atoms with E-state index in [-0.39, 0.29) is 19.3 Å². The van der Waals surface area contributed by atoms with E-state index in [2.05, 4.69) is 6.92 Å². The number of Topliss-reactive ketones (excluding diaryl/α,β-unsaturated/α-hetero) is 1. The molecule has 7 heterocycles. The second kappa shape index (κ2) is 12.6. The number of aliphatic hydroxyl groups is 5. The maximum atomic E-state index is 13.6. The average molecular weight is 711 g/mol. The van der Waals surface area contributed by atoms with E-state index >= 15 is 0 Å². The average Bonchev–Trinajstić information content (AvgIpc) is 3.41. The zero-order valence-corrected chi connectivity index (χ0v) is 29.6. The number of rotatable bonds is 13. The van der Waals surface area contributed by atoms with Crippen molar-refractivity contribution in [3.63, 3.8) is 0 Å². The molecule has 7 spiro atoms. The molecule has 284 valence electrons. The molecule has 1 aliphatic carbocycles. The molecule has 5 N–H and O–H groups in total. The molecule has 0 aromatic rings. The SMILES string of the molecule is CCCCCCCCCCC[C@]1(C(O)C(=O)CO)O[C@@]2(CCO2)[C@@]2(CCO2)[C@]2(CCO2)[C@@]12CC[C@@]1(O2)O[C@@]2(CCC23CCO3)[C@H](O)[C@H](O)[C@H]1O. The largest absolute Gasteiger partial charge is 0.388 e. The molecule has 0 aromatic heterocycles. The predicted molar refractivity (Wildman–Crippen MR) is 174 cm³/mol. The summed E-state index contributed by atoms with van der Waals surface area (Å²) < 4.78 is 46.9. The maximum absolute atomic E-state index is 13.6. The van der Waals surface area contributed by atoms with Crippen molar-refractivity contribution in [2.24, 2.45) is 0 Å². The van der Waals surface area contributed by atoms with Crippen LogP contribution in [0.15, 0.2) is 0 Å². The highest BCUT2D eigenvalue weighted by atomic mass is 16.8. The summed E-state index contributed by atoms with van der Waals surface area (Å²) in [6.07, 6.45) is 6.30. The first-order chi connectivity index (χ1) is 24.0. The number of fused-ring (bicyclic) bond motifs is 4. The van der Waals surface area contributed by atoms with Crippen LogP contribution in [0, 0.1) is 0 Å². The second-order valence-corrected chi connectivity index (χ2v) is 16.5. The van der Waals surface area contributed by atoms with E-state index in [0.29, 0.717) is 71.4 Å². The number of ether oxygens (including phenoxy) is 7. The first-order valence-electron chi connectivity index (χ1n) is 19.6. The molecule has 13 nitrogen and oxygen atoms in total. The number of hydrogen-bond donors (Lipinski definition) is 5. The quantitative estimate of drug-likeness (QED) is 0.175. The van der Waals surface area contributed by atoms with E-state index in [4.69, 9.17) is 33.2 Å². The number of ketones is 1. The van der Waals surface area contributed by atoms with Crippen LogP contribution in [0.25, 0.3) is 0 Å². The summed E-state index contributed by atoms with van der Waals surface area (Å²) in [5.41, 5.74) is -7.98. The van der Waals surface area contributed by atoms with Gasteiger partial charge in [-0.2, -0.15) is 0 Å². The van der Waals surface area contributed by atoms with Crippen LogP contribution in [0.2, 0.25) is 0 Å². The Bertz CT molecular complexity index is 1270. The summed E-state index contributed by atoms with van der Waals surface area (Å²) in [6, 6.07) is 0. The van der Waals surface area contributed by atoms with Crippen molar-refractivity contribution in [1.82, 2.24) is 0 Å². The second-order valence-electron chi connectivity index (χ2n) is 16.5. The fourth-order valence-electron chi connectivity index (χ4n) is 11.5. The highest BCUT2D eigenvalue weighted by Crippen LogP contribution is 2.74. The van der Waals surface area contributed by atoms with E-state index in [0.717, 1.165) is 25.7 Å². The van der Waals surface area contributed by atoms with Crippen molar-refractivity contribution in [3.05, 3.63) is 0 Å². The zero-order valence-electron chi connectivity index (χ0n) is 29.6. The van der Waals surface area contributed by atoms with Gasteiger partial charge in [0.2, 0.25) is 5.79 Å². The Kier molecular flexibility index (Phi) is 9.14. The van der Waals surface area contributed by atoms with E-state index in [1.807, 2.05) is 0 Å². The summed E-state index contributed by atoms with van der Waals surface area (Å²) in [7, 11) is 0. The molecule has 0 bridgehead atoms.